The zero-order valence-corrected chi connectivity index (χ0v) is 23.1. The number of carbonyl (C=O) groups is 1. The Bertz CT molecular complexity index is 441. The molecule has 0 aromatic heterocycles. The van der Waals surface area contributed by atoms with Gasteiger partial charge in [-0.2, -0.15) is 0 Å². The zero-order chi connectivity index (χ0) is 24.2. The van der Waals surface area contributed by atoms with Crippen molar-refractivity contribution in [2.75, 3.05) is 0 Å². The van der Waals surface area contributed by atoms with Gasteiger partial charge >= 0.3 is 0 Å². The van der Waals surface area contributed by atoms with Gasteiger partial charge in [0.2, 0.25) is 0 Å². The summed E-state index contributed by atoms with van der Waals surface area (Å²) in [5.41, 5.74) is 0. The van der Waals surface area contributed by atoms with E-state index in [0.717, 1.165) is 38.0 Å². The highest BCUT2D eigenvalue weighted by molar-refractivity contribution is 5.78. The van der Waals surface area contributed by atoms with Crippen LogP contribution in [0.5, 0.6) is 0 Å². The summed E-state index contributed by atoms with van der Waals surface area (Å²) < 4.78 is 0. The zero-order valence-electron chi connectivity index (χ0n) is 23.1. The molecular weight excluding hydrogens is 400 g/mol. The Balaban J connectivity index is 3.36. The van der Waals surface area contributed by atoms with Crippen LogP contribution >= 0.6 is 0 Å². The minimum absolute atomic E-state index is 0.509. The largest absolute Gasteiger partial charge is 0.300 e. The van der Waals surface area contributed by atoms with Gasteiger partial charge in [-0.3, -0.25) is 4.79 Å². The van der Waals surface area contributed by atoms with E-state index in [4.69, 9.17) is 0 Å². The van der Waals surface area contributed by atoms with Gasteiger partial charge in [-0.15, -0.1) is 0 Å². The lowest BCUT2D eigenvalue weighted by atomic mass is 9.92. The lowest BCUT2D eigenvalue weighted by Gasteiger charge is -2.14. The molecule has 0 bridgehead atoms. The van der Waals surface area contributed by atoms with Crippen LogP contribution in [0.25, 0.3) is 0 Å². The number of unbranched alkanes of at least 4 members (excludes halogenated alkanes) is 12. The molecule has 0 N–H and O–H groups in total. The van der Waals surface area contributed by atoms with Crippen LogP contribution in [-0.2, 0) is 4.79 Å². The minimum atomic E-state index is 0.509. The maximum Gasteiger partial charge on any atom is 0.132 e. The van der Waals surface area contributed by atoms with Gasteiger partial charge in [0, 0.05) is 12.8 Å². The number of hydrogen-bond donors (Lipinski definition) is 0. The fourth-order valence-corrected chi connectivity index (χ4v) is 4.79. The fraction of sp³-hybridized carbons (Fsp3) is 0.844. The van der Waals surface area contributed by atoms with Crippen LogP contribution in [0.1, 0.15) is 168 Å². The van der Waals surface area contributed by atoms with Gasteiger partial charge < -0.3 is 0 Å². The summed E-state index contributed by atoms with van der Waals surface area (Å²) in [5.74, 6) is 1.46. The van der Waals surface area contributed by atoms with Crippen molar-refractivity contribution in [2.45, 2.75) is 168 Å². The molecule has 0 aromatic rings. The molecule has 33 heavy (non-hydrogen) atoms. The quantitative estimate of drug-likeness (QED) is 0.0926. The van der Waals surface area contributed by atoms with Gasteiger partial charge in [0.1, 0.15) is 5.78 Å². The van der Waals surface area contributed by atoms with Crippen molar-refractivity contribution in [3.05, 3.63) is 24.3 Å². The van der Waals surface area contributed by atoms with Crippen molar-refractivity contribution in [1.29, 1.82) is 0 Å². The normalized spacial score (nSPS) is 12.0. The molecule has 0 heterocycles. The predicted octanol–water partition coefficient (Wildman–Crippen LogP) is 11.3. The van der Waals surface area contributed by atoms with Crippen LogP contribution in [0, 0.1) is 5.92 Å². The highest BCUT2D eigenvalue weighted by Crippen LogP contribution is 2.21. The van der Waals surface area contributed by atoms with Crippen molar-refractivity contribution in [3.8, 4) is 0 Å². The Labute approximate surface area is 209 Å². The van der Waals surface area contributed by atoms with Gasteiger partial charge in [-0.25, -0.2) is 0 Å². The molecule has 0 fully saturated rings. The topological polar surface area (TPSA) is 17.1 Å². The third-order valence-electron chi connectivity index (χ3n) is 6.87. The average molecular weight is 461 g/mol. The smallest absolute Gasteiger partial charge is 0.132 e. The molecule has 0 rings (SSSR count). The summed E-state index contributed by atoms with van der Waals surface area (Å²) in [4.78, 5) is 12.1. The first-order valence-electron chi connectivity index (χ1n) is 15.1. The van der Waals surface area contributed by atoms with Crippen molar-refractivity contribution >= 4 is 5.78 Å². The van der Waals surface area contributed by atoms with Crippen molar-refractivity contribution in [3.63, 3.8) is 0 Å². The van der Waals surface area contributed by atoms with Crippen molar-refractivity contribution in [1.82, 2.24) is 0 Å². The molecule has 0 saturated heterocycles. The molecule has 0 saturated carbocycles. The second kappa shape index (κ2) is 27.4. The first-order valence-corrected chi connectivity index (χ1v) is 15.1. The van der Waals surface area contributed by atoms with Crippen LogP contribution in [0.2, 0.25) is 0 Å². The van der Waals surface area contributed by atoms with Crippen LogP contribution in [0.4, 0.5) is 0 Å². The maximum absolute atomic E-state index is 12.1. The van der Waals surface area contributed by atoms with Crippen LogP contribution in [0.15, 0.2) is 24.3 Å². The molecule has 0 unspecified atom stereocenters. The lowest BCUT2D eigenvalue weighted by Crippen LogP contribution is -2.00. The predicted molar refractivity (Wildman–Crippen MR) is 150 cm³/mol. The molecule has 0 aliphatic carbocycles. The van der Waals surface area contributed by atoms with Gasteiger partial charge in [0.25, 0.3) is 0 Å². The van der Waals surface area contributed by atoms with E-state index in [-0.39, 0.29) is 0 Å². The molecule has 0 aliphatic heterocycles. The van der Waals surface area contributed by atoms with E-state index in [1.54, 1.807) is 0 Å². The van der Waals surface area contributed by atoms with E-state index in [0.29, 0.717) is 5.78 Å². The van der Waals surface area contributed by atoms with Gasteiger partial charge in [0.05, 0.1) is 0 Å². The summed E-state index contributed by atoms with van der Waals surface area (Å²) in [6, 6.07) is 0. The Morgan fingerprint density at radius 3 is 1.55 bits per heavy atom. The standard InChI is InChI=1S/C32H60O/c1-4-7-8-9-10-11-12-13-14-15-16-17-18-19-20-24-29-32(33)30-25-22-21-23-28-31(26-5-2)27-6-3/h10-11,13-14,31H,4-9,12,15-30H2,1-3H3. The van der Waals surface area contributed by atoms with E-state index in [9.17, 15) is 4.79 Å². The number of Topliss-reactive ketones (excluding diaryl/α,β-unsaturated/α-hetero) is 1. The Hall–Kier alpha value is -0.850. The van der Waals surface area contributed by atoms with E-state index >= 15 is 0 Å². The Morgan fingerprint density at radius 2 is 1.00 bits per heavy atom. The fourth-order valence-electron chi connectivity index (χ4n) is 4.79. The van der Waals surface area contributed by atoms with E-state index < -0.39 is 0 Å². The van der Waals surface area contributed by atoms with Gasteiger partial charge in [-0.1, -0.05) is 135 Å². The van der Waals surface area contributed by atoms with E-state index in [1.807, 2.05) is 0 Å². The minimum Gasteiger partial charge on any atom is -0.300 e. The van der Waals surface area contributed by atoms with Gasteiger partial charge in [0.15, 0.2) is 0 Å². The molecule has 0 aromatic carbocycles. The Kier molecular flexibility index (Phi) is 26.7. The summed E-state index contributed by atoms with van der Waals surface area (Å²) in [6.45, 7) is 6.88. The Morgan fingerprint density at radius 1 is 0.515 bits per heavy atom. The van der Waals surface area contributed by atoms with Crippen molar-refractivity contribution in [2.24, 2.45) is 5.92 Å². The van der Waals surface area contributed by atoms with E-state index in [2.05, 4.69) is 45.1 Å². The SMILES string of the molecule is CCCCCC=CCC=CCCCCCCCCC(=O)CCCCCCC(CCC)CCC. The molecule has 0 atom stereocenters. The first-order chi connectivity index (χ1) is 16.2. The van der Waals surface area contributed by atoms with E-state index in [1.165, 1.54) is 116 Å². The third-order valence-corrected chi connectivity index (χ3v) is 6.87. The summed E-state index contributed by atoms with van der Waals surface area (Å²) in [7, 11) is 0. The number of rotatable bonds is 26. The molecular formula is C32H60O. The summed E-state index contributed by atoms with van der Waals surface area (Å²) >= 11 is 0. The second-order valence-corrected chi connectivity index (χ2v) is 10.3. The number of hydrogen-bond acceptors (Lipinski definition) is 1. The molecule has 1 nitrogen and oxygen atoms in total. The summed E-state index contributed by atoms with van der Waals surface area (Å²) in [5, 5.41) is 0. The van der Waals surface area contributed by atoms with Crippen LogP contribution < -0.4 is 0 Å². The molecule has 0 radical (unpaired) electrons. The van der Waals surface area contributed by atoms with Gasteiger partial charge in [-0.05, 0) is 50.9 Å². The highest BCUT2D eigenvalue weighted by Gasteiger charge is 2.06. The maximum atomic E-state index is 12.1. The molecule has 194 valence electrons. The number of ketones is 1. The molecule has 0 amide bonds. The molecule has 0 spiro atoms. The number of allylic oxidation sites excluding steroid dienone is 4. The first kappa shape index (κ1) is 32.1. The monoisotopic (exact) mass is 460 g/mol. The highest BCUT2D eigenvalue weighted by atomic mass is 16.1. The van der Waals surface area contributed by atoms with Crippen molar-refractivity contribution < 1.29 is 4.79 Å². The molecule has 1 heteroatoms. The van der Waals surface area contributed by atoms with Crippen LogP contribution in [-0.4, -0.2) is 5.78 Å². The second-order valence-electron chi connectivity index (χ2n) is 10.3. The average Bonchev–Trinajstić information content (AvgIpc) is 2.81. The third kappa shape index (κ3) is 25.6. The molecule has 0 aliphatic rings. The summed E-state index contributed by atoms with van der Waals surface area (Å²) in [6.07, 6.45) is 38.1. The van der Waals surface area contributed by atoms with Crippen LogP contribution in [0.3, 0.4) is 0 Å². The lowest BCUT2D eigenvalue weighted by molar-refractivity contribution is -0.119. The number of carbonyl (C=O) groups excluding carboxylic acids is 1.